The van der Waals surface area contributed by atoms with Crippen molar-refractivity contribution in [2.75, 3.05) is 26.7 Å². The number of phenols is 1. The molecule has 0 aromatic heterocycles. The molecule has 0 saturated carbocycles. The molecule has 3 N–H and O–H groups in total. The van der Waals surface area contributed by atoms with Crippen molar-refractivity contribution in [2.45, 2.75) is 46.3 Å². The average Bonchev–Trinajstić information content (AvgIpc) is 2.68. The molecule has 0 radical (unpaired) electrons. The third-order valence-corrected chi connectivity index (χ3v) is 4.18. The number of aryl methyl sites for hydroxylation is 1. The van der Waals surface area contributed by atoms with Gasteiger partial charge in [0.2, 0.25) is 11.8 Å². The second-order valence-electron chi connectivity index (χ2n) is 7.78. The Morgan fingerprint density at radius 2 is 1.77 bits per heavy atom. The molecule has 10 nitrogen and oxygen atoms in total. The quantitative estimate of drug-likeness (QED) is 0.523. The zero-order chi connectivity index (χ0) is 23.8. The molecule has 0 aliphatic heterocycles. The van der Waals surface area contributed by atoms with Gasteiger partial charge in [0.05, 0.1) is 7.11 Å². The fraction of sp³-hybridized carbons (Fsp3) is 0.524. The highest BCUT2D eigenvalue weighted by Gasteiger charge is 2.31. The monoisotopic (exact) mass is 437 g/mol. The predicted molar refractivity (Wildman–Crippen MR) is 112 cm³/mol. The molecule has 1 atom stereocenters. The predicted octanol–water partition coefficient (Wildman–Crippen LogP) is 1.40. The van der Waals surface area contributed by atoms with Crippen molar-refractivity contribution in [1.29, 1.82) is 0 Å². The zero-order valence-corrected chi connectivity index (χ0v) is 18.8. The van der Waals surface area contributed by atoms with Crippen molar-refractivity contribution in [3.63, 3.8) is 0 Å². The number of carbonyl (C=O) groups excluding carboxylic acids is 4. The van der Waals surface area contributed by atoms with Crippen molar-refractivity contribution >= 4 is 23.9 Å². The number of likely N-dealkylation sites (N-methyl/N-ethyl adjacent to an activating group) is 1. The van der Waals surface area contributed by atoms with Crippen molar-refractivity contribution in [1.82, 2.24) is 15.5 Å². The first-order valence-corrected chi connectivity index (χ1v) is 9.80. The molecule has 0 bridgehead atoms. The highest BCUT2D eigenvalue weighted by atomic mass is 16.6. The number of methoxy groups -OCH3 is 1. The number of nitrogens with zero attached hydrogens (tertiary/aromatic N) is 1. The van der Waals surface area contributed by atoms with Gasteiger partial charge in [0.25, 0.3) is 0 Å². The second kappa shape index (κ2) is 11.2. The van der Waals surface area contributed by atoms with Crippen LogP contribution in [-0.4, -0.2) is 66.2 Å². The molecule has 1 aromatic rings. The van der Waals surface area contributed by atoms with Gasteiger partial charge in [-0.05, 0) is 57.9 Å². The number of hydrogen-bond acceptors (Lipinski definition) is 7. The molecule has 3 amide bonds. The number of carbonyl (C=O) groups is 4. The van der Waals surface area contributed by atoms with Gasteiger partial charge in [0, 0.05) is 6.54 Å². The summed E-state index contributed by atoms with van der Waals surface area (Å²) in [5, 5.41) is 14.6. The number of phenolic OH excluding ortho intramolecular Hbond substituents is 1. The fourth-order valence-electron chi connectivity index (χ4n) is 2.72. The van der Waals surface area contributed by atoms with Gasteiger partial charge in [-0.25, -0.2) is 4.79 Å². The van der Waals surface area contributed by atoms with Gasteiger partial charge in [-0.15, -0.1) is 0 Å². The highest BCUT2D eigenvalue weighted by Crippen LogP contribution is 2.26. The normalized spacial score (nSPS) is 11.8. The Balaban J connectivity index is 3.10. The summed E-state index contributed by atoms with van der Waals surface area (Å²) >= 11 is 0. The Labute approximate surface area is 181 Å². The number of ether oxygens (including phenoxy) is 2. The van der Waals surface area contributed by atoms with Gasteiger partial charge in [0.15, 0.2) is 0 Å². The van der Waals surface area contributed by atoms with E-state index in [-0.39, 0.29) is 25.4 Å². The number of rotatable bonds is 8. The molecular weight excluding hydrogens is 406 g/mol. The Hall–Kier alpha value is -3.30. The van der Waals surface area contributed by atoms with E-state index in [4.69, 9.17) is 4.74 Å². The average molecular weight is 437 g/mol. The van der Waals surface area contributed by atoms with Gasteiger partial charge in [-0.3, -0.25) is 14.4 Å². The first-order valence-electron chi connectivity index (χ1n) is 9.80. The zero-order valence-electron chi connectivity index (χ0n) is 18.8. The maximum atomic E-state index is 12.9. The number of esters is 1. The van der Waals surface area contributed by atoms with E-state index in [1.807, 2.05) is 0 Å². The minimum Gasteiger partial charge on any atom is -0.508 e. The Morgan fingerprint density at radius 3 is 2.29 bits per heavy atom. The number of alkyl carbamates (subject to hydrolysis) is 1. The van der Waals surface area contributed by atoms with Crippen LogP contribution in [0.2, 0.25) is 0 Å². The minimum atomic E-state index is -1.10. The summed E-state index contributed by atoms with van der Waals surface area (Å²) in [5.41, 5.74) is 0.223. The lowest BCUT2D eigenvalue weighted by atomic mass is 10.0. The van der Waals surface area contributed by atoms with E-state index >= 15 is 0 Å². The maximum absolute atomic E-state index is 12.9. The van der Waals surface area contributed by atoms with Crippen LogP contribution in [0.15, 0.2) is 18.2 Å². The smallest absolute Gasteiger partial charge is 0.408 e. The molecule has 172 valence electrons. The second-order valence-corrected chi connectivity index (χ2v) is 7.78. The Kier molecular flexibility index (Phi) is 9.29. The van der Waals surface area contributed by atoms with Gasteiger partial charge >= 0.3 is 12.1 Å². The number of nitrogens with one attached hydrogen (secondary N) is 2. The molecule has 10 heteroatoms. The summed E-state index contributed by atoms with van der Waals surface area (Å²) in [4.78, 5) is 50.3. The van der Waals surface area contributed by atoms with E-state index in [2.05, 4.69) is 15.4 Å². The summed E-state index contributed by atoms with van der Waals surface area (Å²) in [6.45, 7) is 7.81. The molecule has 1 rings (SSSR count). The largest absolute Gasteiger partial charge is 0.508 e. The molecule has 0 saturated heterocycles. The molecule has 0 fully saturated rings. The summed E-state index contributed by atoms with van der Waals surface area (Å²) in [5.74, 6) is -1.74. The highest BCUT2D eigenvalue weighted by molar-refractivity contribution is 5.91. The lowest BCUT2D eigenvalue weighted by Crippen LogP contribution is -2.48. The van der Waals surface area contributed by atoms with E-state index in [1.165, 1.54) is 24.1 Å². The van der Waals surface area contributed by atoms with Gasteiger partial charge in [-0.2, -0.15) is 0 Å². The van der Waals surface area contributed by atoms with Gasteiger partial charge < -0.3 is 30.1 Å². The van der Waals surface area contributed by atoms with E-state index in [9.17, 15) is 24.3 Å². The molecule has 0 spiro atoms. The number of aromatic hydroxyl groups is 1. The Morgan fingerprint density at radius 1 is 1.13 bits per heavy atom. The number of amides is 3. The van der Waals surface area contributed by atoms with Crippen molar-refractivity contribution in [3.05, 3.63) is 29.3 Å². The van der Waals surface area contributed by atoms with Crippen molar-refractivity contribution in [3.8, 4) is 5.75 Å². The van der Waals surface area contributed by atoms with Crippen LogP contribution < -0.4 is 10.6 Å². The number of hydrogen-bond donors (Lipinski definition) is 3. The summed E-state index contributed by atoms with van der Waals surface area (Å²) in [7, 11) is 1.19. The van der Waals surface area contributed by atoms with Crippen LogP contribution in [0.4, 0.5) is 4.79 Å². The van der Waals surface area contributed by atoms with Crippen LogP contribution in [0.5, 0.6) is 5.75 Å². The van der Waals surface area contributed by atoms with Gasteiger partial charge in [0.1, 0.15) is 30.5 Å². The van der Waals surface area contributed by atoms with Crippen LogP contribution in [0.3, 0.4) is 0 Å². The van der Waals surface area contributed by atoms with E-state index in [1.54, 1.807) is 40.7 Å². The van der Waals surface area contributed by atoms with Crippen LogP contribution in [-0.2, 0) is 23.9 Å². The maximum Gasteiger partial charge on any atom is 0.408 e. The molecule has 1 aromatic carbocycles. The topological polar surface area (TPSA) is 134 Å². The van der Waals surface area contributed by atoms with Crippen LogP contribution in [0.1, 0.15) is 44.9 Å². The van der Waals surface area contributed by atoms with Crippen LogP contribution in [0.25, 0.3) is 0 Å². The van der Waals surface area contributed by atoms with Crippen LogP contribution in [0, 0.1) is 6.92 Å². The van der Waals surface area contributed by atoms with E-state index in [0.29, 0.717) is 11.1 Å². The Bertz CT molecular complexity index is 818. The molecule has 31 heavy (non-hydrogen) atoms. The first-order chi connectivity index (χ1) is 14.4. The molecule has 0 aliphatic carbocycles. The van der Waals surface area contributed by atoms with Crippen molar-refractivity contribution in [2.24, 2.45) is 0 Å². The standard InChI is InChI=1S/C21H31N3O7/c1-7-24(16(26)11-23-20(29)31-21(3,4)5)18(19(28)22-12-17(27)30-6)14-8-9-15(25)13(2)10-14/h8-10,18,25H,7,11-12H2,1-6H3,(H,22,28)(H,23,29). The fourth-order valence-corrected chi connectivity index (χ4v) is 2.72. The van der Waals surface area contributed by atoms with Crippen LogP contribution >= 0.6 is 0 Å². The molecule has 1 unspecified atom stereocenters. The first kappa shape index (κ1) is 25.7. The summed E-state index contributed by atoms with van der Waals surface area (Å²) in [6, 6.07) is 3.42. The molecular formula is C21H31N3O7. The SMILES string of the molecule is CCN(C(=O)CNC(=O)OC(C)(C)C)C(C(=O)NCC(=O)OC)c1ccc(O)c(C)c1. The summed E-state index contributed by atoms with van der Waals surface area (Å²) < 4.78 is 9.65. The van der Waals surface area contributed by atoms with Gasteiger partial charge in [-0.1, -0.05) is 6.07 Å². The van der Waals surface area contributed by atoms with Crippen molar-refractivity contribution < 1.29 is 33.8 Å². The lowest BCUT2D eigenvalue weighted by molar-refractivity contribution is -0.143. The lowest BCUT2D eigenvalue weighted by Gasteiger charge is -2.31. The minimum absolute atomic E-state index is 0.0402. The third-order valence-electron chi connectivity index (χ3n) is 4.18. The number of benzene rings is 1. The molecule has 0 heterocycles. The molecule has 0 aliphatic rings. The third kappa shape index (κ3) is 8.15. The van der Waals surface area contributed by atoms with E-state index in [0.717, 1.165) is 0 Å². The van der Waals surface area contributed by atoms with E-state index < -0.39 is 35.5 Å². The summed E-state index contributed by atoms with van der Waals surface area (Å²) in [6.07, 6.45) is -0.760.